The van der Waals surface area contributed by atoms with Gasteiger partial charge in [0.1, 0.15) is 11.7 Å². The lowest BCUT2D eigenvalue weighted by Gasteiger charge is -2.42. The molecule has 0 bridgehead atoms. The third-order valence-electron chi connectivity index (χ3n) is 7.27. The topological polar surface area (TPSA) is 98.1 Å². The molecule has 3 aromatic rings. The van der Waals surface area contributed by atoms with E-state index in [2.05, 4.69) is 46.1 Å². The Kier molecular flexibility index (Phi) is 5.81. The number of likely N-dealkylation sites (tertiary alicyclic amines) is 1. The molecule has 2 atom stereocenters. The van der Waals surface area contributed by atoms with Crippen LogP contribution in [-0.2, 0) is 4.74 Å². The number of pyridine rings is 1. The Morgan fingerprint density at radius 1 is 1.19 bits per heavy atom. The maximum absolute atomic E-state index is 15.0. The number of nitrogens with one attached hydrogen (secondary N) is 3. The van der Waals surface area contributed by atoms with Crippen LogP contribution in [0.5, 0.6) is 0 Å². The Hall–Kier alpha value is -3.22. The van der Waals surface area contributed by atoms with Crippen molar-refractivity contribution in [1.29, 1.82) is 0 Å². The van der Waals surface area contributed by atoms with E-state index in [1.54, 1.807) is 4.52 Å². The third kappa shape index (κ3) is 3.89. The molecule has 0 amide bonds. The number of alkyl halides is 1. The maximum atomic E-state index is 15.0. The summed E-state index contributed by atoms with van der Waals surface area (Å²) in [6.45, 7) is 6.88. The van der Waals surface area contributed by atoms with Crippen LogP contribution in [0.2, 0.25) is 0 Å². The second-order valence-electron chi connectivity index (χ2n) is 9.96. The van der Waals surface area contributed by atoms with E-state index in [0.717, 1.165) is 34.8 Å². The van der Waals surface area contributed by atoms with Gasteiger partial charge in [-0.2, -0.15) is 4.98 Å². The molecule has 12 heteroatoms. The predicted molar refractivity (Wildman–Crippen MR) is 138 cm³/mol. The van der Waals surface area contributed by atoms with Crippen molar-refractivity contribution >= 4 is 28.8 Å². The summed E-state index contributed by atoms with van der Waals surface area (Å²) in [6, 6.07) is 6.32. The highest BCUT2D eigenvalue weighted by Crippen LogP contribution is 2.36. The van der Waals surface area contributed by atoms with Gasteiger partial charge in [-0.15, -0.1) is 10.6 Å². The van der Waals surface area contributed by atoms with Crippen LogP contribution in [0.3, 0.4) is 0 Å². The van der Waals surface area contributed by atoms with Crippen molar-refractivity contribution in [2.75, 3.05) is 61.1 Å². The molecule has 2 saturated heterocycles. The molecule has 2 fully saturated rings. The van der Waals surface area contributed by atoms with Gasteiger partial charge in [-0.1, -0.05) is 0 Å². The standard InChI is InChI=1S/C24H33FN10O/c1-14(2)35-23-20(32(4)31-35)6-5-18(27-23)16-7-10-34-21(16)22(26-3)29-24(30-34)28-19-8-9-33(11-17(19)25)15-12-36-13-15/h5-7,10,14-15,17,19,31H,8-9,11-13H2,1-4H3,(H2,26,28,29,30)/t17-,19+/m1/s1. The summed E-state index contributed by atoms with van der Waals surface area (Å²) in [5, 5.41) is 15.1. The lowest BCUT2D eigenvalue weighted by molar-refractivity contribution is -0.0794. The van der Waals surface area contributed by atoms with E-state index in [1.807, 2.05) is 42.4 Å². The molecule has 3 aliphatic heterocycles. The van der Waals surface area contributed by atoms with E-state index in [1.165, 1.54) is 0 Å². The molecule has 36 heavy (non-hydrogen) atoms. The third-order valence-corrected chi connectivity index (χ3v) is 7.27. The largest absolute Gasteiger partial charge is 0.378 e. The van der Waals surface area contributed by atoms with Crippen LogP contribution in [0.25, 0.3) is 16.8 Å². The van der Waals surface area contributed by atoms with E-state index in [4.69, 9.17) is 14.7 Å². The normalized spacial score (nSPS) is 22.8. The van der Waals surface area contributed by atoms with Crippen LogP contribution < -0.4 is 26.2 Å². The summed E-state index contributed by atoms with van der Waals surface area (Å²) < 4.78 is 22.1. The molecule has 0 spiro atoms. The first-order valence-corrected chi connectivity index (χ1v) is 12.5. The molecule has 3 aliphatic rings. The van der Waals surface area contributed by atoms with Crippen molar-refractivity contribution in [3.63, 3.8) is 0 Å². The number of halogens is 1. The van der Waals surface area contributed by atoms with Crippen LogP contribution in [0.15, 0.2) is 24.4 Å². The number of anilines is 4. The predicted octanol–water partition coefficient (Wildman–Crippen LogP) is 2.14. The highest BCUT2D eigenvalue weighted by atomic mass is 19.1. The van der Waals surface area contributed by atoms with Gasteiger partial charge in [-0.25, -0.2) is 13.9 Å². The zero-order valence-electron chi connectivity index (χ0n) is 21.1. The Balaban J connectivity index is 1.28. The van der Waals surface area contributed by atoms with Crippen LogP contribution in [0, 0.1) is 0 Å². The Labute approximate surface area is 209 Å². The highest BCUT2D eigenvalue weighted by Gasteiger charge is 2.36. The van der Waals surface area contributed by atoms with Gasteiger partial charge in [0.2, 0.25) is 5.95 Å². The van der Waals surface area contributed by atoms with Crippen molar-refractivity contribution in [3.05, 3.63) is 24.4 Å². The van der Waals surface area contributed by atoms with E-state index in [9.17, 15) is 0 Å². The Bertz CT molecular complexity index is 1260. The fraction of sp³-hybridized carbons (Fsp3) is 0.542. The molecule has 6 rings (SSSR count). The smallest absolute Gasteiger partial charge is 0.243 e. The Morgan fingerprint density at radius 2 is 2.03 bits per heavy atom. The number of hydrogen-bond acceptors (Lipinski definition) is 10. The number of aromatic nitrogens is 4. The second-order valence-corrected chi connectivity index (χ2v) is 9.96. The zero-order chi connectivity index (χ0) is 25.0. The molecule has 0 aromatic carbocycles. The minimum Gasteiger partial charge on any atom is -0.378 e. The lowest BCUT2D eigenvalue weighted by Crippen LogP contribution is -2.57. The zero-order valence-corrected chi connectivity index (χ0v) is 21.1. The van der Waals surface area contributed by atoms with E-state index in [0.29, 0.717) is 44.0 Å². The number of hydrazine groups is 2. The van der Waals surface area contributed by atoms with Crippen molar-refractivity contribution < 1.29 is 9.13 Å². The molecule has 0 unspecified atom stereocenters. The van der Waals surface area contributed by atoms with Crippen LogP contribution in [0.4, 0.5) is 27.7 Å². The van der Waals surface area contributed by atoms with Gasteiger partial charge in [-0.3, -0.25) is 14.9 Å². The van der Waals surface area contributed by atoms with Gasteiger partial charge < -0.3 is 15.4 Å². The van der Waals surface area contributed by atoms with Crippen LogP contribution >= 0.6 is 0 Å². The molecule has 0 saturated carbocycles. The van der Waals surface area contributed by atoms with Gasteiger partial charge in [-0.05, 0) is 38.5 Å². The van der Waals surface area contributed by atoms with Gasteiger partial charge in [0.05, 0.1) is 36.7 Å². The van der Waals surface area contributed by atoms with E-state index < -0.39 is 6.17 Å². The van der Waals surface area contributed by atoms with Crippen molar-refractivity contribution in [2.24, 2.45) is 0 Å². The minimum absolute atomic E-state index is 0.236. The first kappa shape index (κ1) is 23.2. The molecular formula is C24H33FN10O. The van der Waals surface area contributed by atoms with Gasteiger partial charge in [0, 0.05) is 45.0 Å². The van der Waals surface area contributed by atoms with E-state index in [-0.39, 0.29) is 12.1 Å². The van der Waals surface area contributed by atoms with Gasteiger partial charge >= 0.3 is 0 Å². The number of fused-ring (bicyclic) bond motifs is 2. The molecule has 6 heterocycles. The average molecular weight is 497 g/mol. The molecule has 0 radical (unpaired) electrons. The number of piperidine rings is 1. The number of nitrogens with zero attached hydrogens (tertiary/aromatic N) is 7. The van der Waals surface area contributed by atoms with Crippen molar-refractivity contribution in [3.8, 4) is 11.3 Å². The minimum atomic E-state index is -0.997. The summed E-state index contributed by atoms with van der Waals surface area (Å²) >= 11 is 0. The highest BCUT2D eigenvalue weighted by molar-refractivity contribution is 5.89. The summed E-state index contributed by atoms with van der Waals surface area (Å²) in [6.07, 6.45) is 1.59. The maximum Gasteiger partial charge on any atom is 0.243 e. The van der Waals surface area contributed by atoms with Crippen molar-refractivity contribution in [1.82, 2.24) is 30.0 Å². The summed E-state index contributed by atoms with van der Waals surface area (Å²) in [4.78, 5) is 11.9. The summed E-state index contributed by atoms with van der Waals surface area (Å²) in [5.74, 6) is 1.94. The SMILES string of the molecule is CNc1nc(N[C@H]2CCN(C3COC3)C[C@H]2F)nn2ccc(-c3ccc4c(n3)N(C(C)C)NN4C)c12. The number of hydrogen-bond donors (Lipinski definition) is 3. The summed E-state index contributed by atoms with van der Waals surface area (Å²) in [5.41, 5.74) is 6.92. The average Bonchev–Trinajstić information content (AvgIpc) is 3.40. The Morgan fingerprint density at radius 3 is 2.72 bits per heavy atom. The summed E-state index contributed by atoms with van der Waals surface area (Å²) in [7, 11) is 3.81. The monoisotopic (exact) mass is 496 g/mol. The fourth-order valence-corrected chi connectivity index (χ4v) is 5.14. The number of rotatable bonds is 6. The molecular weight excluding hydrogens is 463 g/mol. The molecule has 11 nitrogen and oxygen atoms in total. The quantitative estimate of drug-likeness (QED) is 0.471. The van der Waals surface area contributed by atoms with Crippen LogP contribution in [-0.4, -0.2) is 89.2 Å². The van der Waals surface area contributed by atoms with Gasteiger partial charge in [0.15, 0.2) is 11.6 Å². The first-order chi connectivity index (χ1) is 17.4. The fourth-order valence-electron chi connectivity index (χ4n) is 5.14. The van der Waals surface area contributed by atoms with Crippen LogP contribution in [0.1, 0.15) is 20.3 Å². The molecule has 3 aromatic heterocycles. The van der Waals surface area contributed by atoms with Crippen molar-refractivity contribution in [2.45, 2.75) is 44.6 Å². The molecule has 0 aliphatic carbocycles. The van der Waals surface area contributed by atoms with E-state index >= 15 is 4.39 Å². The molecule has 3 N–H and O–H groups in total. The lowest BCUT2D eigenvalue weighted by atomic mass is 10.0. The van der Waals surface area contributed by atoms with Gasteiger partial charge in [0.25, 0.3) is 0 Å². The second kappa shape index (κ2) is 9.02. The molecule has 192 valence electrons. The first-order valence-electron chi connectivity index (χ1n) is 12.5. The number of ether oxygens (including phenoxy) is 1.